The molecule has 4 heteroatoms. The predicted molar refractivity (Wildman–Crippen MR) is 65.8 cm³/mol. The molecule has 0 fully saturated rings. The smallest absolute Gasteiger partial charge is 0.336 e. The maximum atomic E-state index is 11.0. The van der Waals surface area contributed by atoms with Crippen molar-refractivity contribution < 1.29 is 14.3 Å². The van der Waals surface area contributed by atoms with Crippen LogP contribution in [0, 0.1) is 3.57 Å². The minimum absolute atomic E-state index is 0.146. The Kier molecular flexibility index (Phi) is 4.61. The number of hydrogen-bond acceptors (Lipinski definition) is 3. The molecule has 1 rings (SSSR count). The fourth-order valence-corrected chi connectivity index (χ4v) is 1.47. The average Bonchev–Trinajstić information content (AvgIpc) is 2.26. The Morgan fingerprint density at radius 2 is 2.13 bits per heavy atom. The molecule has 0 aliphatic carbocycles. The number of rotatable bonds is 4. The number of benzene rings is 1. The van der Waals surface area contributed by atoms with Crippen molar-refractivity contribution in [2.75, 3.05) is 13.7 Å². The monoisotopic (exact) mass is 318 g/mol. The number of hydrogen-bond donors (Lipinski definition) is 0. The summed E-state index contributed by atoms with van der Waals surface area (Å²) in [5, 5.41) is 0. The maximum Gasteiger partial charge on any atom is 0.336 e. The fraction of sp³-hybridized carbons (Fsp3) is 0.182. The fourth-order valence-electron chi connectivity index (χ4n) is 0.930. The van der Waals surface area contributed by atoms with Gasteiger partial charge >= 0.3 is 5.97 Å². The van der Waals surface area contributed by atoms with E-state index >= 15 is 0 Å². The highest BCUT2D eigenvalue weighted by atomic mass is 127. The van der Waals surface area contributed by atoms with Crippen LogP contribution >= 0.6 is 22.6 Å². The lowest BCUT2D eigenvalue weighted by atomic mass is 10.3. The molecule has 0 saturated carbocycles. The van der Waals surface area contributed by atoms with Crippen molar-refractivity contribution >= 4 is 28.6 Å². The summed E-state index contributed by atoms with van der Waals surface area (Å²) in [6.45, 7) is 3.71. The standard InChI is InChI=1S/C11H11IO3/c1-8(11(13)14-2)7-15-10-6-4-3-5-9(10)12/h3-6H,1,7H2,2H3. The molecule has 80 valence electrons. The molecule has 0 radical (unpaired) electrons. The molecule has 0 heterocycles. The van der Waals surface area contributed by atoms with Gasteiger partial charge in [0.2, 0.25) is 0 Å². The number of carbonyl (C=O) groups excluding carboxylic acids is 1. The van der Waals surface area contributed by atoms with Gasteiger partial charge in [-0.25, -0.2) is 4.79 Å². The number of carbonyl (C=O) groups is 1. The van der Waals surface area contributed by atoms with Crippen LogP contribution < -0.4 is 4.74 Å². The summed E-state index contributed by atoms with van der Waals surface area (Å²) in [5.41, 5.74) is 0.303. The van der Waals surface area contributed by atoms with Crippen molar-refractivity contribution in [2.24, 2.45) is 0 Å². The lowest BCUT2D eigenvalue weighted by Crippen LogP contribution is -2.11. The largest absolute Gasteiger partial charge is 0.488 e. The molecule has 0 aliphatic heterocycles. The third-order valence-electron chi connectivity index (χ3n) is 1.71. The normalized spacial score (nSPS) is 9.47. The zero-order chi connectivity index (χ0) is 11.3. The second-order valence-corrected chi connectivity index (χ2v) is 3.98. The topological polar surface area (TPSA) is 35.5 Å². The van der Waals surface area contributed by atoms with Crippen molar-refractivity contribution in [1.82, 2.24) is 0 Å². The van der Waals surface area contributed by atoms with Crippen LogP contribution in [0.4, 0.5) is 0 Å². The molecule has 0 aliphatic rings. The lowest BCUT2D eigenvalue weighted by molar-refractivity contribution is -0.136. The van der Waals surface area contributed by atoms with Crippen LogP contribution in [-0.4, -0.2) is 19.7 Å². The number of methoxy groups -OCH3 is 1. The van der Waals surface area contributed by atoms with Crippen LogP contribution in [0.2, 0.25) is 0 Å². The molecule has 0 N–H and O–H groups in total. The van der Waals surface area contributed by atoms with Gasteiger partial charge in [0, 0.05) is 0 Å². The van der Waals surface area contributed by atoms with Crippen molar-refractivity contribution in [3.63, 3.8) is 0 Å². The first-order chi connectivity index (χ1) is 7.15. The van der Waals surface area contributed by atoms with E-state index in [1.807, 2.05) is 24.3 Å². The Labute approximate surface area is 102 Å². The summed E-state index contributed by atoms with van der Waals surface area (Å²) >= 11 is 2.16. The Morgan fingerprint density at radius 1 is 1.47 bits per heavy atom. The van der Waals surface area contributed by atoms with Crippen LogP contribution in [-0.2, 0) is 9.53 Å². The number of esters is 1. The lowest BCUT2D eigenvalue weighted by Gasteiger charge is -2.08. The van der Waals surface area contributed by atoms with Gasteiger partial charge in [0.25, 0.3) is 0 Å². The third-order valence-corrected chi connectivity index (χ3v) is 2.60. The van der Waals surface area contributed by atoms with E-state index in [-0.39, 0.29) is 6.61 Å². The first-order valence-electron chi connectivity index (χ1n) is 4.28. The minimum atomic E-state index is -0.444. The van der Waals surface area contributed by atoms with Crippen LogP contribution in [0.25, 0.3) is 0 Å². The molecule has 0 spiro atoms. The molecule has 3 nitrogen and oxygen atoms in total. The molecule has 0 atom stereocenters. The van der Waals surface area contributed by atoms with E-state index in [4.69, 9.17) is 4.74 Å². The van der Waals surface area contributed by atoms with Crippen LogP contribution in [0.5, 0.6) is 5.75 Å². The van der Waals surface area contributed by atoms with Gasteiger partial charge in [-0.05, 0) is 34.7 Å². The Bertz CT molecular complexity index is 374. The summed E-state index contributed by atoms with van der Waals surface area (Å²) < 4.78 is 10.9. The van der Waals surface area contributed by atoms with Gasteiger partial charge in [0.1, 0.15) is 12.4 Å². The second-order valence-electron chi connectivity index (χ2n) is 2.81. The molecular weight excluding hydrogens is 307 g/mol. The minimum Gasteiger partial charge on any atom is -0.488 e. The second kappa shape index (κ2) is 5.75. The highest BCUT2D eigenvalue weighted by Crippen LogP contribution is 2.19. The molecule has 1 aromatic carbocycles. The Morgan fingerprint density at radius 3 is 2.73 bits per heavy atom. The van der Waals surface area contributed by atoms with E-state index in [9.17, 15) is 4.79 Å². The summed E-state index contributed by atoms with van der Waals surface area (Å²) in [5.74, 6) is 0.295. The quantitative estimate of drug-likeness (QED) is 0.486. The summed E-state index contributed by atoms with van der Waals surface area (Å²) in [4.78, 5) is 11.0. The van der Waals surface area contributed by atoms with Gasteiger partial charge < -0.3 is 9.47 Å². The van der Waals surface area contributed by atoms with Gasteiger partial charge in [-0.2, -0.15) is 0 Å². The van der Waals surface area contributed by atoms with Gasteiger partial charge in [-0.3, -0.25) is 0 Å². The SMILES string of the molecule is C=C(COc1ccccc1I)C(=O)OC. The van der Waals surface area contributed by atoms with Crippen molar-refractivity contribution in [3.8, 4) is 5.75 Å². The first-order valence-corrected chi connectivity index (χ1v) is 5.36. The zero-order valence-corrected chi connectivity index (χ0v) is 10.5. The molecule has 1 aromatic rings. The highest BCUT2D eigenvalue weighted by Gasteiger charge is 2.08. The molecule has 0 aromatic heterocycles. The van der Waals surface area contributed by atoms with Crippen molar-refractivity contribution in [2.45, 2.75) is 0 Å². The number of halogens is 1. The molecule has 0 unspecified atom stereocenters. The van der Waals surface area contributed by atoms with Gasteiger partial charge in [-0.15, -0.1) is 0 Å². The molecule has 0 bridgehead atoms. The van der Waals surface area contributed by atoms with Crippen LogP contribution in [0.3, 0.4) is 0 Å². The van der Waals surface area contributed by atoms with E-state index in [0.29, 0.717) is 5.57 Å². The van der Waals surface area contributed by atoms with E-state index in [0.717, 1.165) is 9.32 Å². The van der Waals surface area contributed by atoms with E-state index in [1.54, 1.807) is 0 Å². The van der Waals surface area contributed by atoms with Gasteiger partial charge in [0.05, 0.1) is 16.3 Å². The van der Waals surface area contributed by atoms with Crippen molar-refractivity contribution in [3.05, 3.63) is 40.0 Å². The number of para-hydroxylation sites is 1. The Hall–Kier alpha value is -1.04. The van der Waals surface area contributed by atoms with Gasteiger partial charge in [-0.1, -0.05) is 18.7 Å². The van der Waals surface area contributed by atoms with E-state index in [1.165, 1.54) is 7.11 Å². The third kappa shape index (κ3) is 3.54. The molecule has 0 saturated heterocycles. The summed E-state index contributed by atoms with van der Waals surface area (Å²) in [6, 6.07) is 7.56. The van der Waals surface area contributed by atoms with Gasteiger partial charge in [0.15, 0.2) is 0 Å². The summed E-state index contributed by atoms with van der Waals surface area (Å²) in [7, 11) is 1.32. The predicted octanol–water partition coefficient (Wildman–Crippen LogP) is 2.40. The van der Waals surface area contributed by atoms with Crippen LogP contribution in [0.1, 0.15) is 0 Å². The van der Waals surface area contributed by atoms with E-state index in [2.05, 4.69) is 33.9 Å². The molecular formula is C11H11IO3. The van der Waals surface area contributed by atoms with E-state index < -0.39 is 5.97 Å². The van der Waals surface area contributed by atoms with Crippen LogP contribution in [0.15, 0.2) is 36.4 Å². The zero-order valence-electron chi connectivity index (χ0n) is 8.33. The maximum absolute atomic E-state index is 11.0. The molecule has 0 amide bonds. The van der Waals surface area contributed by atoms with Crippen molar-refractivity contribution in [1.29, 1.82) is 0 Å². The first kappa shape index (κ1) is 12.0. The number of ether oxygens (including phenoxy) is 2. The Balaban J connectivity index is 2.54. The highest BCUT2D eigenvalue weighted by molar-refractivity contribution is 14.1. The molecule has 15 heavy (non-hydrogen) atoms. The average molecular weight is 318 g/mol. The summed E-state index contributed by atoms with van der Waals surface area (Å²) in [6.07, 6.45) is 0.